The van der Waals surface area contributed by atoms with Crippen LogP contribution in [0.15, 0.2) is 58.8 Å². The van der Waals surface area contributed by atoms with E-state index in [-0.39, 0.29) is 16.3 Å². The number of anilines is 1. The number of amides is 1. The molecule has 0 saturated heterocycles. The van der Waals surface area contributed by atoms with Gasteiger partial charge < -0.3 is 19.7 Å². The highest BCUT2D eigenvalue weighted by Crippen LogP contribution is 2.32. The maximum absolute atomic E-state index is 12.4. The summed E-state index contributed by atoms with van der Waals surface area (Å²) in [5.41, 5.74) is -0.0265. The molecule has 0 spiro atoms. The van der Waals surface area contributed by atoms with E-state index in [1.165, 1.54) is 12.3 Å². The molecule has 9 heteroatoms. The van der Waals surface area contributed by atoms with Crippen molar-refractivity contribution in [2.24, 2.45) is 0 Å². The average molecular weight is 430 g/mol. The Morgan fingerprint density at radius 1 is 1.24 bits per heavy atom. The number of rotatable bonds is 5. The largest absolute Gasteiger partial charge is 0.506 e. The average Bonchev–Trinajstić information content (AvgIpc) is 3.12. The van der Waals surface area contributed by atoms with Gasteiger partial charge in [0.25, 0.3) is 5.91 Å². The van der Waals surface area contributed by atoms with Crippen LogP contribution in [0, 0.1) is 18.3 Å². The minimum Gasteiger partial charge on any atom is -0.506 e. The number of nitrogens with one attached hydrogen (secondary N) is 1. The molecule has 1 amide bonds. The second-order valence-electron chi connectivity index (χ2n) is 5.79. The number of carbonyl (C=O) groups is 1. The topological polar surface area (TPSA) is 108 Å². The lowest BCUT2D eigenvalue weighted by Gasteiger charge is -2.10. The van der Waals surface area contributed by atoms with E-state index >= 15 is 0 Å². The minimum atomic E-state index is -0.812. The number of hydrogen-bond donors (Lipinski definition) is 2. The van der Waals surface area contributed by atoms with Crippen LogP contribution in [0.1, 0.15) is 11.3 Å². The number of ether oxygens (including phenoxy) is 1. The van der Waals surface area contributed by atoms with Crippen LogP contribution in [0.4, 0.5) is 5.69 Å². The molecule has 0 atom stereocenters. The summed E-state index contributed by atoms with van der Waals surface area (Å²) in [7, 11) is 0. The van der Waals surface area contributed by atoms with Crippen molar-refractivity contribution in [3.05, 3.63) is 75.6 Å². The Kier molecular flexibility index (Phi) is 6.07. The van der Waals surface area contributed by atoms with Crippen molar-refractivity contribution in [2.45, 2.75) is 6.92 Å². The predicted octanol–water partition coefficient (Wildman–Crippen LogP) is 5.51. The molecule has 0 saturated carbocycles. The van der Waals surface area contributed by atoms with E-state index in [1.807, 2.05) is 0 Å². The molecule has 2 aromatic carbocycles. The smallest absolute Gasteiger partial charge is 0.270 e. The molecular formula is C20H13Cl2N3O4. The second kappa shape index (κ2) is 8.69. The molecule has 3 rings (SSSR count). The van der Waals surface area contributed by atoms with Crippen LogP contribution >= 0.6 is 23.2 Å². The molecule has 146 valence electrons. The fourth-order valence-corrected chi connectivity index (χ4v) is 2.70. The van der Waals surface area contributed by atoms with Crippen LogP contribution in [-0.2, 0) is 4.79 Å². The van der Waals surface area contributed by atoms with E-state index in [1.54, 1.807) is 49.4 Å². The van der Waals surface area contributed by atoms with Crippen molar-refractivity contribution in [1.29, 1.82) is 5.26 Å². The second-order valence-corrected chi connectivity index (χ2v) is 6.63. The summed E-state index contributed by atoms with van der Waals surface area (Å²) in [6.07, 6.45) is 1.22. The maximum atomic E-state index is 12.4. The summed E-state index contributed by atoms with van der Waals surface area (Å²) in [6.45, 7) is 1.55. The Bertz CT molecular complexity index is 1130. The van der Waals surface area contributed by atoms with E-state index in [0.29, 0.717) is 22.2 Å². The number of nitriles is 1. The van der Waals surface area contributed by atoms with E-state index < -0.39 is 17.2 Å². The zero-order valence-electron chi connectivity index (χ0n) is 14.9. The van der Waals surface area contributed by atoms with Gasteiger partial charge in [-0.1, -0.05) is 28.4 Å². The third-order valence-corrected chi connectivity index (χ3v) is 4.36. The molecule has 0 aliphatic rings. The number of nitrogens with zero attached hydrogens (tertiary/aromatic N) is 2. The summed E-state index contributed by atoms with van der Waals surface area (Å²) in [6, 6.07) is 13.0. The fourth-order valence-electron chi connectivity index (χ4n) is 2.36. The lowest BCUT2D eigenvalue weighted by Crippen LogP contribution is -2.15. The number of benzene rings is 2. The van der Waals surface area contributed by atoms with Crippen molar-refractivity contribution in [2.75, 3.05) is 5.32 Å². The third kappa shape index (κ3) is 4.69. The van der Waals surface area contributed by atoms with Gasteiger partial charge in [-0.2, -0.15) is 5.26 Å². The van der Waals surface area contributed by atoms with Gasteiger partial charge in [0.15, 0.2) is 11.3 Å². The van der Waals surface area contributed by atoms with Crippen LogP contribution in [0.5, 0.6) is 11.5 Å². The van der Waals surface area contributed by atoms with Crippen LogP contribution in [-0.4, -0.2) is 16.2 Å². The van der Waals surface area contributed by atoms with Crippen LogP contribution in [0.2, 0.25) is 10.0 Å². The molecule has 0 aliphatic carbocycles. The van der Waals surface area contributed by atoms with E-state index in [4.69, 9.17) is 32.5 Å². The number of aromatic nitrogens is 1. The number of halogens is 2. The highest BCUT2D eigenvalue weighted by molar-refractivity contribution is 6.32. The Labute approximate surface area is 175 Å². The van der Waals surface area contributed by atoms with Crippen molar-refractivity contribution in [3.8, 4) is 17.6 Å². The summed E-state index contributed by atoms with van der Waals surface area (Å²) in [4.78, 5) is 12.4. The third-order valence-electron chi connectivity index (χ3n) is 3.81. The van der Waals surface area contributed by atoms with Crippen molar-refractivity contribution in [1.82, 2.24) is 5.16 Å². The SMILES string of the molecule is Cc1oncc1C(O)=C(C#N)C(=O)Nc1ccc(Oc2ccc(Cl)cc2)c(Cl)c1. The highest BCUT2D eigenvalue weighted by atomic mass is 35.5. The van der Waals surface area contributed by atoms with E-state index in [9.17, 15) is 15.2 Å². The molecule has 29 heavy (non-hydrogen) atoms. The first kappa shape index (κ1) is 20.3. The number of aliphatic hydroxyl groups is 1. The van der Waals surface area contributed by atoms with Crippen molar-refractivity contribution < 1.29 is 19.2 Å². The number of carbonyl (C=O) groups excluding carboxylic acids is 1. The summed E-state index contributed by atoms with van der Waals surface area (Å²) in [5.74, 6) is -0.164. The van der Waals surface area contributed by atoms with Crippen LogP contribution < -0.4 is 10.1 Å². The van der Waals surface area contributed by atoms with Crippen LogP contribution in [0.25, 0.3) is 5.76 Å². The van der Waals surface area contributed by atoms with Gasteiger partial charge in [0, 0.05) is 10.7 Å². The van der Waals surface area contributed by atoms with Crippen LogP contribution in [0.3, 0.4) is 0 Å². The summed E-state index contributed by atoms with van der Waals surface area (Å²) < 4.78 is 10.5. The molecule has 3 aromatic rings. The first-order chi connectivity index (χ1) is 13.9. The Hall–Kier alpha value is -3.47. The highest BCUT2D eigenvalue weighted by Gasteiger charge is 2.20. The predicted molar refractivity (Wildman–Crippen MR) is 108 cm³/mol. The van der Waals surface area contributed by atoms with Gasteiger partial charge >= 0.3 is 0 Å². The molecule has 7 nitrogen and oxygen atoms in total. The fraction of sp³-hybridized carbons (Fsp3) is 0.0500. The maximum Gasteiger partial charge on any atom is 0.270 e. The molecular weight excluding hydrogens is 417 g/mol. The molecule has 0 aliphatic heterocycles. The van der Waals surface area contributed by atoms with Gasteiger partial charge in [0.1, 0.15) is 23.3 Å². The molecule has 0 bridgehead atoms. The van der Waals surface area contributed by atoms with E-state index in [0.717, 1.165) is 0 Å². The molecule has 1 aromatic heterocycles. The standard InChI is InChI=1S/C20H13Cl2N3O4/c1-11-16(10-24-29-11)19(26)15(9-23)20(27)25-13-4-7-18(17(22)8-13)28-14-5-2-12(21)3-6-14/h2-8,10,26H,1H3,(H,25,27). The van der Waals surface area contributed by atoms with Gasteiger partial charge in [-0.15, -0.1) is 0 Å². The molecule has 0 radical (unpaired) electrons. The number of hydrogen-bond acceptors (Lipinski definition) is 6. The van der Waals surface area contributed by atoms with E-state index in [2.05, 4.69) is 10.5 Å². The summed E-state index contributed by atoms with van der Waals surface area (Å²) in [5, 5.41) is 26.3. The Balaban J connectivity index is 1.78. The van der Waals surface area contributed by atoms with Gasteiger partial charge in [0.2, 0.25) is 0 Å². The zero-order chi connectivity index (χ0) is 21.0. The lowest BCUT2D eigenvalue weighted by molar-refractivity contribution is -0.112. The monoisotopic (exact) mass is 429 g/mol. The normalized spacial score (nSPS) is 11.4. The first-order valence-corrected chi connectivity index (χ1v) is 8.94. The molecule has 0 unspecified atom stereocenters. The van der Waals surface area contributed by atoms with Gasteiger partial charge in [0.05, 0.1) is 16.8 Å². The minimum absolute atomic E-state index is 0.154. The lowest BCUT2D eigenvalue weighted by atomic mass is 10.1. The van der Waals surface area contributed by atoms with Gasteiger partial charge in [-0.05, 0) is 49.4 Å². The summed E-state index contributed by atoms with van der Waals surface area (Å²) >= 11 is 12.1. The number of aryl methyl sites for hydroxylation is 1. The Morgan fingerprint density at radius 2 is 1.97 bits per heavy atom. The molecule has 0 fully saturated rings. The zero-order valence-corrected chi connectivity index (χ0v) is 16.5. The van der Waals surface area contributed by atoms with Crippen molar-refractivity contribution in [3.63, 3.8) is 0 Å². The number of aliphatic hydroxyl groups excluding tert-OH is 1. The molecule has 1 heterocycles. The van der Waals surface area contributed by atoms with Crippen molar-refractivity contribution >= 4 is 40.6 Å². The van der Waals surface area contributed by atoms with Gasteiger partial charge in [-0.3, -0.25) is 4.79 Å². The first-order valence-electron chi connectivity index (χ1n) is 8.18. The molecule has 2 N–H and O–H groups in total. The quantitative estimate of drug-likeness (QED) is 0.314. The van der Waals surface area contributed by atoms with Gasteiger partial charge in [-0.25, -0.2) is 0 Å². The Morgan fingerprint density at radius 3 is 2.55 bits per heavy atom.